The molecule has 0 radical (unpaired) electrons. The second-order valence-corrected chi connectivity index (χ2v) is 5.31. The number of carbonyl (C=O) groups is 1. The molecule has 0 saturated carbocycles. The van der Waals surface area contributed by atoms with E-state index in [-0.39, 0.29) is 0 Å². The Labute approximate surface area is 134 Å². The molecule has 0 fully saturated rings. The molecule has 0 heterocycles. The number of nitrogens with two attached hydrogens (primary N) is 1. The van der Waals surface area contributed by atoms with Crippen LogP contribution in [0.3, 0.4) is 0 Å². The molecule has 0 aromatic heterocycles. The Bertz CT molecular complexity index is 484. The van der Waals surface area contributed by atoms with Crippen LogP contribution in [0.4, 0.5) is 0 Å². The fourth-order valence-corrected chi connectivity index (χ4v) is 2.34. The number of hydrogen-bond acceptors (Lipinski definition) is 4. The number of benzene rings is 1. The first-order valence-corrected chi connectivity index (χ1v) is 7.38. The van der Waals surface area contributed by atoms with Gasteiger partial charge in [-0.25, -0.2) is 0 Å². The summed E-state index contributed by atoms with van der Waals surface area (Å²) in [5, 5.41) is 4.03. The third-order valence-corrected chi connectivity index (χ3v) is 3.33. The molecule has 0 saturated heterocycles. The van der Waals surface area contributed by atoms with Crippen molar-refractivity contribution in [1.29, 1.82) is 0 Å². The fourth-order valence-electron chi connectivity index (χ4n) is 1.76. The lowest BCUT2D eigenvalue weighted by Gasteiger charge is -2.19. The van der Waals surface area contributed by atoms with Crippen LogP contribution in [-0.2, 0) is 16.1 Å². The first-order valence-electron chi connectivity index (χ1n) is 6.63. The number of nitrogens with one attached hydrogen (secondary N) is 1. The maximum atomic E-state index is 11.3. The van der Waals surface area contributed by atoms with Crippen LogP contribution in [0.15, 0.2) is 12.1 Å². The molecule has 0 aliphatic heterocycles. The zero-order valence-electron chi connectivity index (χ0n) is 12.1. The highest BCUT2D eigenvalue weighted by Gasteiger charge is 2.19. The van der Waals surface area contributed by atoms with E-state index < -0.39 is 12.0 Å². The van der Waals surface area contributed by atoms with Gasteiger partial charge in [0, 0.05) is 30.8 Å². The van der Waals surface area contributed by atoms with Crippen LogP contribution in [0.25, 0.3) is 0 Å². The van der Waals surface area contributed by atoms with Gasteiger partial charge in [-0.2, -0.15) is 0 Å². The number of rotatable bonds is 9. The lowest BCUT2D eigenvalue weighted by atomic mass is 10.2. The molecular formula is C14H20Cl2N2O3. The van der Waals surface area contributed by atoms with Crippen LogP contribution < -0.4 is 15.8 Å². The molecule has 1 rings (SSSR count). The molecule has 0 spiro atoms. The minimum atomic E-state index is -0.721. The van der Waals surface area contributed by atoms with Gasteiger partial charge in [0.1, 0.15) is 5.75 Å². The van der Waals surface area contributed by atoms with Gasteiger partial charge in [0.15, 0.2) is 6.10 Å². The second kappa shape index (κ2) is 9.10. The molecule has 118 valence electrons. The van der Waals surface area contributed by atoms with Crippen molar-refractivity contribution < 1.29 is 14.3 Å². The van der Waals surface area contributed by atoms with E-state index in [0.717, 1.165) is 5.56 Å². The third kappa shape index (κ3) is 5.71. The van der Waals surface area contributed by atoms with Gasteiger partial charge in [0.2, 0.25) is 0 Å². The Balaban J connectivity index is 2.91. The highest BCUT2D eigenvalue weighted by molar-refractivity contribution is 6.35. The minimum Gasteiger partial charge on any atom is -0.479 e. The Morgan fingerprint density at radius 3 is 2.71 bits per heavy atom. The first kappa shape index (κ1) is 18.0. The summed E-state index contributed by atoms with van der Waals surface area (Å²) in [5.74, 6) is -0.0987. The normalized spacial score (nSPS) is 12.2. The minimum absolute atomic E-state index is 0.353. The van der Waals surface area contributed by atoms with Crippen molar-refractivity contribution in [3.63, 3.8) is 0 Å². The summed E-state index contributed by atoms with van der Waals surface area (Å²) in [6.07, 6.45) is -0.258. The van der Waals surface area contributed by atoms with Crippen molar-refractivity contribution in [3.05, 3.63) is 27.7 Å². The molecule has 1 amide bonds. The lowest BCUT2D eigenvalue weighted by molar-refractivity contribution is -0.124. The van der Waals surface area contributed by atoms with Crippen molar-refractivity contribution in [2.24, 2.45) is 5.73 Å². The molecule has 3 N–H and O–H groups in total. The Morgan fingerprint density at radius 2 is 2.14 bits per heavy atom. The summed E-state index contributed by atoms with van der Waals surface area (Å²) in [6, 6.07) is 3.32. The zero-order valence-corrected chi connectivity index (χ0v) is 13.6. The van der Waals surface area contributed by atoms with Crippen LogP contribution in [0.1, 0.15) is 18.9 Å². The predicted molar refractivity (Wildman–Crippen MR) is 83.9 cm³/mol. The van der Waals surface area contributed by atoms with E-state index in [9.17, 15) is 4.79 Å². The van der Waals surface area contributed by atoms with Crippen LogP contribution in [0, 0.1) is 0 Å². The maximum absolute atomic E-state index is 11.3. The molecule has 0 aliphatic rings. The van der Waals surface area contributed by atoms with Gasteiger partial charge in [-0.1, -0.05) is 30.1 Å². The summed E-state index contributed by atoms with van der Waals surface area (Å²) < 4.78 is 10.6. The monoisotopic (exact) mass is 334 g/mol. The van der Waals surface area contributed by atoms with Crippen LogP contribution in [0.5, 0.6) is 5.75 Å². The van der Waals surface area contributed by atoms with Gasteiger partial charge < -0.3 is 20.5 Å². The summed E-state index contributed by atoms with van der Waals surface area (Å²) in [5.41, 5.74) is 6.07. The first-order chi connectivity index (χ1) is 9.99. The molecule has 1 atom stereocenters. The average Bonchev–Trinajstić information content (AvgIpc) is 2.42. The van der Waals surface area contributed by atoms with Crippen LogP contribution in [-0.4, -0.2) is 32.3 Å². The van der Waals surface area contributed by atoms with E-state index in [1.165, 1.54) is 0 Å². The molecule has 1 aromatic rings. The molecule has 0 aliphatic carbocycles. The van der Waals surface area contributed by atoms with Crippen LogP contribution in [0.2, 0.25) is 10.0 Å². The van der Waals surface area contributed by atoms with E-state index in [0.29, 0.717) is 41.9 Å². The Hall–Kier alpha value is -1.01. The number of halogens is 2. The Morgan fingerprint density at radius 1 is 1.43 bits per heavy atom. The van der Waals surface area contributed by atoms with Gasteiger partial charge in [0.25, 0.3) is 5.91 Å². The number of primary amides is 1. The topological polar surface area (TPSA) is 73.6 Å². The Kier molecular flexibility index (Phi) is 7.82. The molecule has 1 aromatic carbocycles. The summed E-state index contributed by atoms with van der Waals surface area (Å²) in [4.78, 5) is 11.3. The molecule has 0 bridgehead atoms. The van der Waals surface area contributed by atoms with Gasteiger partial charge in [-0.15, -0.1) is 0 Å². The van der Waals surface area contributed by atoms with Crippen molar-refractivity contribution >= 4 is 29.1 Å². The number of hydrogen-bond donors (Lipinski definition) is 2. The number of carbonyl (C=O) groups excluding carboxylic acids is 1. The molecule has 21 heavy (non-hydrogen) atoms. The SMILES string of the molecule is CCC(Oc1c(Cl)cc(Cl)cc1CNCCOC)C(N)=O. The largest absolute Gasteiger partial charge is 0.479 e. The van der Waals surface area contributed by atoms with Gasteiger partial charge >= 0.3 is 0 Å². The van der Waals surface area contributed by atoms with Crippen molar-refractivity contribution in [2.75, 3.05) is 20.3 Å². The van der Waals surface area contributed by atoms with E-state index in [2.05, 4.69) is 5.32 Å². The molecule has 1 unspecified atom stereocenters. The second-order valence-electron chi connectivity index (χ2n) is 4.46. The number of amides is 1. The third-order valence-electron chi connectivity index (χ3n) is 2.83. The molecule has 5 nitrogen and oxygen atoms in total. The maximum Gasteiger partial charge on any atom is 0.258 e. The van der Waals surface area contributed by atoms with Crippen molar-refractivity contribution in [1.82, 2.24) is 5.32 Å². The van der Waals surface area contributed by atoms with E-state index in [4.69, 9.17) is 38.4 Å². The average molecular weight is 335 g/mol. The highest BCUT2D eigenvalue weighted by atomic mass is 35.5. The molecular weight excluding hydrogens is 315 g/mol. The number of methoxy groups -OCH3 is 1. The number of ether oxygens (including phenoxy) is 2. The van der Waals surface area contributed by atoms with Crippen LogP contribution >= 0.6 is 23.2 Å². The standard InChI is InChI=1S/C14H20Cl2N2O3/c1-3-12(14(17)19)21-13-9(8-18-4-5-20-2)6-10(15)7-11(13)16/h6-7,12,18H,3-5,8H2,1-2H3,(H2,17,19). The van der Waals surface area contributed by atoms with E-state index >= 15 is 0 Å². The zero-order chi connectivity index (χ0) is 15.8. The van der Waals surface area contributed by atoms with Gasteiger partial charge in [-0.05, 0) is 18.6 Å². The van der Waals surface area contributed by atoms with E-state index in [1.807, 2.05) is 6.92 Å². The van der Waals surface area contributed by atoms with Gasteiger partial charge in [-0.3, -0.25) is 4.79 Å². The fraction of sp³-hybridized carbons (Fsp3) is 0.500. The van der Waals surface area contributed by atoms with E-state index in [1.54, 1.807) is 19.2 Å². The van der Waals surface area contributed by atoms with Crippen molar-refractivity contribution in [3.8, 4) is 5.75 Å². The quantitative estimate of drug-likeness (QED) is 0.680. The lowest BCUT2D eigenvalue weighted by Crippen LogP contribution is -2.33. The molecule has 7 heteroatoms. The van der Waals surface area contributed by atoms with Crippen molar-refractivity contribution in [2.45, 2.75) is 26.0 Å². The summed E-state index contributed by atoms with van der Waals surface area (Å²) >= 11 is 12.2. The predicted octanol–water partition coefficient (Wildman–Crippen LogP) is 2.37. The van der Waals surface area contributed by atoms with Gasteiger partial charge in [0.05, 0.1) is 11.6 Å². The summed E-state index contributed by atoms with van der Waals surface area (Å²) in [6.45, 7) is 3.57. The summed E-state index contributed by atoms with van der Waals surface area (Å²) in [7, 11) is 1.63. The smallest absolute Gasteiger partial charge is 0.258 e. The highest BCUT2D eigenvalue weighted by Crippen LogP contribution is 2.33.